The Morgan fingerprint density at radius 1 is 0.632 bits per heavy atom. The summed E-state index contributed by atoms with van der Waals surface area (Å²) in [5.74, 6) is 0.555. The van der Waals surface area contributed by atoms with Gasteiger partial charge >= 0.3 is 0 Å². The van der Waals surface area contributed by atoms with Crippen molar-refractivity contribution in [3.05, 3.63) is 115 Å². The lowest BCUT2D eigenvalue weighted by Gasteiger charge is -2.37. The monoisotopic (exact) mass is 493 g/mol. The molecule has 2 unspecified atom stereocenters. The Morgan fingerprint density at radius 3 is 1.82 bits per heavy atom. The molecule has 0 fully saturated rings. The van der Waals surface area contributed by atoms with Crippen molar-refractivity contribution in [2.45, 2.75) is 46.0 Å². The first-order valence-electron chi connectivity index (χ1n) is 13.9. The van der Waals surface area contributed by atoms with Crippen LogP contribution in [-0.2, 0) is 5.41 Å². The number of nitrogens with zero attached hydrogens (tertiary/aromatic N) is 1. The third kappa shape index (κ3) is 3.89. The molecule has 5 aromatic carbocycles. The second-order valence-corrected chi connectivity index (χ2v) is 10.9. The summed E-state index contributed by atoms with van der Waals surface area (Å²) in [6.45, 7) is 9.47. The Balaban J connectivity index is 1.67. The molecule has 0 spiro atoms. The summed E-state index contributed by atoms with van der Waals surface area (Å²) < 4.78 is 0. The summed E-state index contributed by atoms with van der Waals surface area (Å²) in [6, 6.07) is 37.6. The Morgan fingerprint density at radius 2 is 1.21 bits per heavy atom. The molecule has 0 aliphatic heterocycles. The molecular weight excluding hydrogens is 458 g/mol. The van der Waals surface area contributed by atoms with Crippen molar-refractivity contribution in [2.75, 3.05) is 0 Å². The van der Waals surface area contributed by atoms with Gasteiger partial charge in [0.05, 0.1) is 5.69 Å². The van der Waals surface area contributed by atoms with Crippen LogP contribution in [0.3, 0.4) is 0 Å². The standard InChI is InChI=1S/C37H35N/c1-5-25(3)37(4,6-2)35-21-20-27(26-14-8-7-9-15-26)22-33(35)36-23-32-30-18-12-10-16-28(30)29-17-11-13-19-31(29)34(32)24-38-36/h7-25H,5-6H2,1-4H3. The average molecular weight is 494 g/mol. The zero-order valence-electron chi connectivity index (χ0n) is 22.8. The first kappa shape index (κ1) is 24.4. The van der Waals surface area contributed by atoms with Crippen molar-refractivity contribution >= 4 is 32.3 Å². The third-order valence-corrected chi connectivity index (χ3v) is 9.08. The fourth-order valence-electron chi connectivity index (χ4n) is 6.27. The molecule has 0 aliphatic rings. The van der Waals surface area contributed by atoms with Crippen LogP contribution in [0.1, 0.15) is 46.1 Å². The minimum atomic E-state index is 0.0569. The fraction of sp³-hybridized carbons (Fsp3) is 0.216. The van der Waals surface area contributed by atoms with Gasteiger partial charge in [-0.25, -0.2) is 0 Å². The third-order valence-electron chi connectivity index (χ3n) is 9.08. The quantitative estimate of drug-likeness (QED) is 0.210. The summed E-state index contributed by atoms with van der Waals surface area (Å²) in [5.41, 5.74) is 6.22. The molecule has 2 atom stereocenters. The van der Waals surface area contributed by atoms with Crippen LogP contribution in [0, 0.1) is 5.92 Å². The highest BCUT2D eigenvalue weighted by Crippen LogP contribution is 2.44. The van der Waals surface area contributed by atoms with E-state index in [0.717, 1.165) is 18.5 Å². The van der Waals surface area contributed by atoms with Gasteiger partial charge in [-0.2, -0.15) is 0 Å². The van der Waals surface area contributed by atoms with Crippen LogP contribution >= 0.6 is 0 Å². The second-order valence-electron chi connectivity index (χ2n) is 10.9. The molecule has 1 aromatic heterocycles. The maximum absolute atomic E-state index is 5.16. The van der Waals surface area contributed by atoms with Crippen molar-refractivity contribution < 1.29 is 0 Å². The van der Waals surface area contributed by atoms with Crippen molar-refractivity contribution in [3.63, 3.8) is 0 Å². The van der Waals surface area contributed by atoms with Crippen LogP contribution in [0.25, 0.3) is 54.7 Å². The molecular formula is C37H35N. The molecule has 1 heteroatoms. The summed E-state index contributed by atoms with van der Waals surface area (Å²) in [5, 5.41) is 7.60. The number of aromatic nitrogens is 1. The molecule has 38 heavy (non-hydrogen) atoms. The van der Waals surface area contributed by atoms with Gasteiger partial charge in [0.1, 0.15) is 0 Å². The smallest absolute Gasteiger partial charge is 0.0711 e. The van der Waals surface area contributed by atoms with Crippen molar-refractivity contribution in [3.8, 4) is 22.4 Å². The predicted octanol–water partition coefficient (Wildman–Crippen LogP) is 10.6. The maximum Gasteiger partial charge on any atom is 0.0711 e. The minimum absolute atomic E-state index is 0.0569. The molecule has 0 bridgehead atoms. The van der Waals surface area contributed by atoms with E-state index in [1.165, 1.54) is 54.6 Å². The minimum Gasteiger partial charge on any atom is -0.256 e. The molecule has 6 aromatic rings. The zero-order chi connectivity index (χ0) is 26.3. The number of pyridine rings is 1. The first-order valence-corrected chi connectivity index (χ1v) is 13.9. The van der Waals surface area contributed by atoms with E-state index in [4.69, 9.17) is 4.98 Å². The SMILES string of the molecule is CCC(C)C(C)(CC)c1ccc(-c2ccccc2)cc1-c1cc2c3ccccc3c3ccccc3c2cn1. The van der Waals surface area contributed by atoms with Gasteiger partial charge in [-0.3, -0.25) is 4.98 Å². The van der Waals surface area contributed by atoms with E-state index in [-0.39, 0.29) is 5.41 Å². The summed E-state index contributed by atoms with van der Waals surface area (Å²) in [4.78, 5) is 5.16. The highest BCUT2D eigenvalue weighted by atomic mass is 14.7. The predicted molar refractivity (Wildman–Crippen MR) is 165 cm³/mol. The first-order chi connectivity index (χ1) is 18.5. The molecule has 0 radical (unpaired) electrons. The normalized spacial score (nSPS) is 14.1. The van der Waals surface area contributed by atoms with Crippen molar-refractivity contribution in [1.82, 2.24) is 4.98 Å². The van der Waals surface area contributed by atoms with E-state index in [1.54, 1.807) is 0 Å². The highest BCUT2D eigenvalue weighted by Gasteiger charge is 2.33. The van der Waals surface area contributed by atoms with Gasteiger partial charge in [-0.15, -0.1) is 0 Å². The molecule has 0 N–H and O–H groups in total. The Bertz CT molecular complexity index is 1730. The molecule has 188 valence electrons. The van der Waals surface area contributed by atoms with Gasteiger partial charge in [-0.05, 0) is 73.5 Å². The Hall–Kier alpha value is -3.97. The van der Waals surface area contributed by atoms with E-state index in [1.807, 2.05) is 0 Å². The van der Waals surface area contributed by atoms with E-state index in [9.17, 15) is 0 Å². The number of rotatable bonds is 6. The zero-order valence-corrected chi connectivity index (χ0v) is 22.8. The lowest BCUT2D eigenvalue weighted by molar-refractivity contribution is 0.296. The van der Waals surface area contributed by atoms with Crippen LogP contribution in [0.5, 0.6) is 0 Å². The van der Waals surface area contributed by atoms with Crippen LogP contribution in [-0.4, -0.2) is 4.98 Å². The molecule has 0 amide bonds. The number of fused-ring (bicyclic) bond motifs is 6. The molecule has 0 saturated carbocycles. The molecule has 0 saturated heterocycles. The van der Waals surface area contributed by atoms with Crippen LogP contribution in [0.4, 0.5) is 0 Å². The summed E-state index contributed by atoms with van der Waals surface area (Å²) >= 11 is 0. The van der Waals surface area contributed by atoms with E-state index in [0.29, 0.717) is 5.92 Å². The van der Waals surface area contributed by atoms with Gasteiger partial charge < -0.3 is 0 Å². The number of hydrogen-bond donors (Lipinski definition) is 0. The Labute approximate surface area is 226 Å². The summed E-state index contributed by atoms with van der Waals surface area (Å²) in [7, 11) is 0. The van der Waals surface area contributed by atoms with Crippen LogP contribution in [0.15, 0.2) is 109 Å². The van der Waals surface area contributed by atoms with Crippen LogP contribution < -0.4 is 0 Å². The molecule has 6 rings (SSSR count). The van der Waals surface area contributed by atoms with Gasteiger partial charge in [0.25, 0.3) is 0 Å². The molecule has 1 heterocycles. The fourth-order valence-corrected chi connectivity index (χ4v) is 6.27. The number of benzene rings is 5. The summed E-state index contributed by atoms with van der Waals surface area (Å²) in [6.07, 6.45) is 4.33. The average Bonchev–Trinajstić information content (AvgIpc) is 3.00. The van der Waals surface area contributed by atoms with Gasteiger partial charge in [0.15, 0.2) is 0 Å². The van der Waals surface area contributed by atoms with Gasteiger partial charge in [-0.1, -0.05) is 125 Å². The van der Waals surface area contributed by atoms with E-state index < -0.39 is 0 Å². The van der Waals surface area contributed by atoms with Gasteiger partial charge in [0.2, 0.25) is 0 Å². The maximum atomic E-state index is 5.16. The lowest BCUT2D eigenvalue weighted by Crippen LogP contribution is -2.30. The molecule has 0 aliphatic carbocycles. The topological polar surface area (TPSA) is 12.9 Å². The number of hydrogen-bond acceptors (Lipinski definition) is 1. The van der Waals surface area contributed by atoms with Crippen LogP contribution in [0.2, 0.25) is 0 Å². The second kappa shape index (κ2) is 9.72. The van der Waals surface area contributed by atoms with E-state index >= 15 is 0 Å². The Kier molecular flexibility index (Phi) is 6.24. The highest BCUT2D eigenvalue weighted by molar-refractivity contribution is 6.25. The molecule has 1 nitrogen and oxygen atoms in total. The largest absolute Gasteiger partial charge is 0.256 e. The van der Waals surface area contributed by atoms with E-state index in [2.05, 4.69) is 137 Å². The van der Waals surface area contributed by atoms with Crippen molar-refractivity contribution in [1.29, 1.82) is 0 Å². The van der Waals surface area contributed by atoms with Crippen molar-refractivity contribution in [2.24, 2.45) is 5.92 Å². The lowest BCUT2D eigenvalue weighted by atomic mass is 9.67. The van der Waals surface area contributed by atoms with Gasteiger partial charge in [0, 0.05) is 17.1 Å².